The van der Waals surface area contributed by atoms with Crippen molar-refractivity contribution in [1.82, 2.24) is 9.78 Å². The molecule has 3 nitrogen and oxygen atoms in total. The average Bonchev–Trinajstić information content (AvgIpc) is 2.78. The van der Waals surface area contributed by atoms with E-state index in [-0.39, 0.29) is 6.04 Å². The number of anilines is 1. The third kappa shape index (κ3) is 2.06. The quantitative estimate of drug-likeness (QED) is 0.769. The van der Waals surface area contributed by atoms with Gasteiger partial charge in [-0.25, -0.2) is 4.68 Å². The first-order valence-corrected chi connectivity index (χ1v) is 6.52. The fraction of sp³-hybridized carbons (Fsp3) is 0.133. The minimum Gasteiger partial charge on any atom is -0.383 e. The minimum absolute atomic E-state index is 0.0529. The molecule has 2 N–H and O–H groups in total. The fourth-order valence-corrected chi connectivity index (χ4v) is 2.40. The van der Waals surface area contributed by atoms with Gasteiger partial charge in [0.05, 0.1) is 12.2 Å². The van der Waals surface area contributed by atoms with Crippen LogP contribution in [0.15, 0.2) is 48.7 Å². The molecule has 0 spiro atoms. The molecule has 4 heteroatoms. The van der Waals surface area contributed by atoms with Gasteiger partial charge in [0.25, 0.3) is 0 Å². The number of rotatable bonds is 2. The van der Waals surface area contributed by atoms with E-state index in [0.29, 0.717) is 10.8 Å². The Bertz CT molecular complexity index is 733. The lowest BCUT2D eigenvalue weighted by atomic mass is 10.0. The van der Waals surface area contributed by atoms with Crippen LogP contribution in [0.4, 0.5) is 5.82 Å². The molecular weight excluding hydrogens is 258 g/mol. The van der Waals surface area contributed by atoms with Gasteiger partial charge in [0, 0.05) is 0 Å². The summed E-state index contributed by atoms with van der Waals surface area (Å²) in [6, 6.07) is 14.7. The van der Waals surface area contributed by atoms with Crippen LogP contribution >= 0.6 is 11.6 Å². The van der Waals surface area contributed by atoms with E-state index in [2.05, 4.69) is 42.4 Å². The van der Waals surface area contributed by atoms with E-state index in [0.717, 1.165) is 5.56 Å². The summed E-state index contributed by atoms with van der Waals surface area (Å²) in [5, 5.41) is 7.16. The van der Waals surface area contributed by atoms with Gasteiger partial charge in [-0.2, -0.15) is 5.10 Å². The molecule has 0 radical (unpaired) electrons. The van der Waals surface area contributed by atoms with Crippen LogP contribution in [0.3, 0.4) is 0 Å². The summed E-state index contributed by atoms with van der Waals surface area (Å²) in [5.74, 6) is 0.502. The number of nitrogens with zero attached hydrogens (tertiary/aromatic N) is 2. The number of halogens is 1. The van der Waals surface area contributed by atoms with Crippen molar-refractivity contribution < 1.29 is 0 Å². The molecule has 1 atom stereocenters. The van der Waals surface area contributed by atoms with Crippen molar-refractivity contribution in [3.05, 3.63) is 59.2 Å². The van der Waals surface area contributed by atoms with Gasteiger partial charge in [-0.05, 0) is 29.3 Å². The summed E-state index contributed by atoms with van der Waals surface area (Å²) in [4.78, 5) is 0. The third-order valence-electron chi connectivity index (χ3n) is 3.41. The molecule has 0 aliphatic rings. The highest BCUT2D eigenvalue weighted by Gasteiger charge is 2.13. The van der Waals surface area contributed by atoms with Gasteiger partial charge in [0.15, 0.2) is 0 Å². The van der Waals surface area contributed by atoms with E-state index >= 15 is 0 Å². The lowest BCUT2D eigenvalue weighted by molar-refractivity contribution is 0.573. The van der Waals surface area contributed by atoms with Crippen LogP contribution in [-0.4, -0.2) is 9.78 Å². The molecule has 96 valence electrons. The van der Waals surface area contributed by atoms with Gasteiger partial charge in [-0.1, -0.05) is 48.0 Å². The first kappa shape index (κ1) is 12.1. The molecule has 0 aliphatic heterocycles. The zero-order valence-corrected chi connectivity index (χ0v) is 11.3. The molecule has 1 aromatic heterocycles. The van der Waals surface area contributed by atoms with Crippen molar-refractivity contribution in [2.75, 3.05) is 5.73 Å². The molecule has 0 fully saturated rings. The summed E-state index contributed by atoms with van der Waals surface area (Å²) >= 11 is 5.95. The number of hydrogen-bond donors (Lipinski definition) is 1. The number of hydrogen-bond acceptors (Lipinski definition) is 2. The van der Waals surface area contributed by atoms with Crippen LogP contribution in [0.5, 0.6) is 0 Å². The Balaban J connectivity index is 2.06. The number of aromatic nitrogens is 2. The lowest BCUT2D eigenvalue weighted by Crippen LogP contribution is -2.11. The van der Waals surface area contributed by atoms with E-state index in [4.69, 9.17) is 17.3 Å². The molecule has 0 saturated carbocycles. The summed E-state index contributed by atoms with van der Waals surface area (Å²) < 4.78 is 1.74. The van der Waals surface area contributed by atoms with Gasteiger partial charge in [0.2, 0.25) is 0 Å². The maximum Gasteiger partial charge on any atom is 0.141 e. The Morgan fingerprint density at radius 2 is 1.89 bits per heavy atom. The van der Waals surface area contributed by atoms with Crippen molar-refractivity contribution in [2.45, 2.75) is 13.0 Å². The maximum atomic E-state index is 5.95. The van der Waals surface area contributed by atoms with Gasteiger partial charge in [0.1, 0.15) is 10.8 Å². The maximum absolute atomic E-state index is 5.95. The Kier molecular flexibility index (Phi) is 2.91. The van der Waals surface area contributed by atoms with Crippen LogP contribution in [0, 0.1) is 0 Å². The SMILES string of the molecule is CC(c1ccc2ccccc2c1)n1ncc(Cl)c1N. The topological polar surface area (TPSA) is 43.8 Å². The molecule has 0 saturated heterocycles. The summed E-state index contributed by atoms with van der Waals surface area (Å²) in [6.45, 7) is 2.06. The Morgan fingerprint density at radius 3 is 2.58 bits per heavy atom. The van der Waals surface area contributed by atoms with Crippen molar-refractivity contribution in [1.29, 1.82) is 0 Å². The van der Waals surface area contributed by atoms with E-state index in [1.807, 2.05) is 12.1 Å². The number of benzene rings is 2. The monoisotopic (exact) mass is 271 g/mol. The summed E-state index contributed by atoms with van der Waals surface area (Å²) in [5.41, 5.74) is 7.08. The van der Waals surface area contributed by atoms with E-state index < -0.39 is 0 Å². The van der Waals surface area contributed by atoms with Crippen molar-refractivity contribution in [3.8, 4) is 0 Å². The van der Waals surface area contributed by atoms with Crippen LogP contribution in [0.25, 0.3) is 10.8 Å². The predicted molar refractivity (Wildman–Crippen MR) is 79.4 cm³/mol. The van der Waals surface area contributed by atoms with E-state index in [9.17, 15) is 0 Å². The molecule has 2 aromatic carbocycles. The number of nitrogen functional groups attached to an aromatic ring is 1. The smallest absolute Gasteiger partial charge is 0.141 e. The number of nitrogens with two attached hydrogens (primary N) is 1. The molecule has 0 aliphatic carbocycles. The predicted octanol–water partition coefficient (Wildman–Crippen LogP) is 3.88. The molecule has 1 unspecified atom stereocenters. The van der Waals surface area contributed by atoms with Gasteiger partial charge < -0.3 is 5.73 Å². The number of fused-ring (bicyclic) bond motifs is 1. The molecule has 1 heterocycles. The highest BCUT2D eigenvalue weighted by molar-refractivity contribution is 6.32. The second-order valence-corrected chi connectivity index (χ2v) is 5.01. The van der Waals surface area contributed by atoms with Crippen LogP contribution in [-0.2, 0) is 0 Å². The lowest BCUT2D eigenvalue weighted by Gasteiger charge is -2.15. The van der Waals surface area contributed by atoms with Crippen molar-refractivity contribution in [3.63, 3.8) is 0 Å². The van der Waals surface area contributed by atoms with Crippen molar-refractivity contribution >= 4 is 28.2 Å². The molecule has 3 aromatic rings. The standard InChI is InChI=1S/C15H14ClN3/c1-10(19-15(17)14(16)9-18-19)12-7-6-11-4-2-3-5-13(11)8-12/h2-10H,17H2,1H3. The zero-order valence-electron chi connectivity index (χ0n) is 10.5. The highest BCUT2D eigenvalue weighted by Crippen LogP contribution is 2.27. The third-order valence-corrected chi connectivity index (χ3v) is 3.70. The van der Waals surface area contributed by atoms with E-state index in [1.54, 1.807) is 10.9 Å². The Labute approximate surface area is 116 Å². The molecular formula is C15H14ClN3. The molecule has 0 amide bonds. The fourth-order valence-electron chi connectivity index (χ4n) is 2.27. The van der Waals surface area contributed by atoms with Gasteiger partial charge in [-0.15, -0.1) is 0 Å². The Hall–Kier alpha value is -2.00. The summed E-state index contributed by atoms with van der Waals surface area (Å²) in [7, 11) is 0. The van der Waals surface area contributed by atoms with Crippen LogP contribution in [0.1, 0.15) is 18.5 Å². The largest absolute Gasteiger partial charge is 0.383 e. The first-order chi connectivity index (χ1) is 9.16. The second-order valence-electron chi connectivity index (χ2n) is 4.60. The van der Waals surface area contributed by atoms with Gasteiger partial charge in [-0.3, -0.25) is 0 Å². The van der Waals surface area contributed by atoms with Crippen LogP contribution < -0.4 is 5.73 Å². The second kappa shape index (κ2) is 4.59. The van der Waals surface area contributed by atoms with Gasteiger partial charge >= 0.3 is 0 Å². The zero-order chi connectivity index (χ0) is 13.4. The molecule has 3 rings (SSSR count). The average molecular weight is 272 g/mol. The first-order valence-electron chi connectivity index (χ1n) is 6.14. The highest BCUT2D eigenvalue weighted by atomic mass is 35.5. The molecule has 0 bridgehead atoms. The minimum atomic E-state index is 0.0529. The van der Waals surface area contributed by atoms with E-state index in [1.165, 1.54) is 10.8 Å². The van der Waals surface area contributed by atoms with Crippen molar-refractivity contribution in [2.24, 2.45) is 0 Å². The molecule has 19 heavy (non-hydrogen) atoms. The summed E-state index contributed by atoms with van der Waals surface area (Å²) in [6.07, 6.45) is 1.58. The van der Waals surface area contributed by atoms with Crippen LogP contribution in [0.2, 0.25) is 5.02 Å². The Morgan fingerprint density at radius 1 is 1.16 bits per heavy atom. The normalized spacial score (nSPS) is 12.7.